The van der Waals surface area contributed by atoms with Crippen LogP contribution in [0.15, 0.2) is 36.4 Å². The van der Waals surface area contributed by atoms with E-state index >= 15 is 0 Å². The van der Waals surface area contributed by atoms with Crippen LogP contribution >= 0.6 is 0 Å². The zero-order valence-corrected chi connectivity index (χ0v) is 20.5. The molecule has 1 amide bonds. The number of nitrogens with zero attached hydrogens (tertiary/aromatic N) is 3. The van der Waals surface area contributed by atoms with Gasteiger partial charge in [0.05, 0.1) is 38.3 Å². The van der Waals surface area contributed by atoms with Gasteiger partial charge in [0.1, 0.15) is 5.75 Å². The summed E-state index contributed by atoms with van der Waals surface area (Å²) in [7, 11) is 2.43. The normalized spacial score (nSPS) is 14.1. The molecule has 0 saturated carbocycles. The minimum atomic E-state index is -3.59. The molecule has 0 N–H and O–H groups in total. The van der Waals surface area contributed by atoms with Gasteiger partial charge in [-0.05, 0) is 37.3 Å². The molecule has 0 aliphatic carbocycles. The molecule has 10 heteroatoms. The van der Waals surface area contributed by atoms with Crippen molar-refractivity contribution in [1.82, 2.24) is 4.90 Å². The number of carbonyl (C=O) groups is 1. The van der Waals surface area contributed by atoms with Crippen LogP contribution in [0.3, 0.4) is 0 Å². The molecule has 0 spiro atoms. The number of piperazine rings is 1. The molecule has 1 aliphatic heterocycles. The van der Waals surface area contributed by atoms with E-state index in [-0.39, 0.29) is 22.9 Å². The van der Waals surface area contributed by atoms with Crippen molar-refractivity contribution in [2.45, 2.75) is 6.92 Å². The third-order valence-corrected chi connectivity index (χ3v) is 7.62. The minimum absolute atomic E-state index is 0.0913. The lowest BCUT2D eigenvalue weighted by Gasteiger charge is -2.36. The van der Waals surface area contributed by atoms with Gasteiger partial charge in [0.25, 0.3) is 5.91 Å². The minimum Gasteiger partial charge on any atom is -0.497 e. The highest BCUT2D eigenvalue weighted by Crippen LogP contribution is 2.36. The van der Waals surface area contributed by atoms with Crippen molar-refractivity contribution in [3.63, 3.8) is 0 Å². The van der Waals surface area contributed by atoms with Gasteiger partial charge in [-0.15, -0.1) is 0 Å². The number of amides is 1. The predicted molar refractivity (Wildman–Crippen MR) is 129 cm³/mol. The summed E-state index contributed by atoms with van der Waals surface area (Å²) in [6, 6.07) is 10.9. The SMILES string of the molecule is CCS(=O)(=O)N(C)c1cc(OC)c(OC)cc1C(=O)N1CCN(c2ccc(OC)cc2)CC1. The van der Waals surface area contributed by atoms with Crippen LogP contribution in [0, 0.1) is 0 Å². The second kappa shape index (κ2) is 10.2. The van der Waals surface area contributed by atoms with E-state index in [1.165, 1.54) is 27.3 Å². The van der Waals surface area contributed by atoms with Crippen molar-refractivity contribution in [3.05, 3.63) is 42.0 Å². The number of benzene rings is 2. The highest BCUT2D eigenvalue weighted by atomic mass is 32.2. The summed E-state index contributed by atoms with van der Waals surface area (Å²) in [5.74, 6) is 1.17. The van der Waals surface area contributed by atoms with Gasteiger partial charge in [0, 0.05) is 45.0 Å². The Labute approximate surface area is 195 Å². The average Bonchev–Trinajstić information content (AvgIpc) is 2.87. The van der Waals surface area contributed by atoms with Gasteiger partial charge >= 0.3 is 0 Å². The van der Waals surface area contributed by atoms with Crippen LogP contribution in [-0.4, -0.2) is 79.5 Å². The second-order valence-corrected chi connectivity index (χ2v) is 9.86. The first-order chi connectivity index (χ1) is 15.7. The van der Waals surface area contributed by atoms with Crippen molar-refractivity contribution >= 4 is 27.3 Å². The molecular weight excluding hydrogens is 446 g/mol. The van der Waals surface area contributed by atoms with E-state index in [2.05, 4.69) is 4.90 Å². The molecule has 0 unspecified atom stereocenters. The Hall–Kier alpha value is -3.14. The lowest BCUT2D eigenvalue weighted by atomic mass is 10.1. The number of anilines is 2. The molecule has 0 atom stereocenters. The Morgan fingerprint density at radius 2 is 1.52 bits per heavy atom. The number of sulfonamides is 1. The summed E-state index contributed by atoms with van der Waals surface area (Å²) < 4.78 is 42.2. The first kappa shape index (κ1) is 24.5. The van der Waals surface area contributed by atoms with Crippen LogP contribution in [-0.2, 0) is 10.0 Å². The van der Waals surface area contributed by atoms with Crippen molar-refractivity contribution in [1.29, 1.82) is 0 Å². The van der Waals surface area contributed by atoms with Crippen LogP contribution in [0.25, 0.3) is 0 Å². The van der Waals surface area contributed by atoms with Gasteiger partial charge in [-0.2, -0.15) is 0 Å². The number of rotatable bonds is 8. The highest BCUT2D eigenvalue weighted by Gasteiger charge is 2.29. The highest BCUT2D eigenvalue weighted by molar-refractivity contribution is 7.92. The summed E-state index contributed by atoms with van der Waals surface area (Å²) in [5, 5.41) is 0. The van der Waals surface area contributed by atoms with Crippen molar-refractivity contribution in [3.8, 4) is 17.2 Å². The van der Waals surface area contributed by atoms with Gasteiger partial charge < -0.3 is 24.0 Å². The summed E-state index contributed by atoms with van der Waals surface area (Å²) in [6.07, 6.45) is 0. The molecule has 1 aliphatic rings. The van der Waals surface area contributed by atoms with E-state index in [0.29, 0.717) is 37.7 Å². The monoisotopic (exact) mass is 477 g/mol. The van der Waals surface area contributed by atoms with Gasteiger partial charge in [-0.3, -0.25) is 9.10 Å². The third kappa shape index (κ3) is 5.11. The number of ether oxygens (including phenoxy) is 3. The van der Waals surface area contributed by atoms with Crippen LogP contribution < -0.4 is 23.4 Å². The maximum atomic E-state index is 13.5. The molecule has 2 aromatic carbocycles. The molecule has 0 aromatic heterocycles. The molecule has 1 fully saturated rings. The molecule has 33 heavy (non-hydrogen) atoms. The fourth-order valence-electron chi connectivity index (χ4n) is 3.77. The predicted octanol–water partition coefficient (Wildman–Crippen LogP) is 2.46. The van der Waals surface area contributed by atoms with Crippen molar-refractivity contribution in [2.24, 2.45) is 0 Å². The Bertz CT molecular complexity index is 1080. The molecule has 1 heterocycles. The molecule has 0 bridgehead atoms. The Morgan fingerprint density at radius 3 is 2.03 bits per heavy atom. The summed E-state index contributed by atoms with van der Waals surface area (Å²) in [5.41, 5.74) is 1.57. The quantitative estimate of drug-likeness (QED) is 0.577. The van der Waals surface area contributed by atoms with E-state index < -0.39 is 10.0 Å². The number of hydrogen-bond acceptors (Lipinski definition) is 7. The largest absolute Gasteiger partial charge is 0.497 e. The molecule has 1 saturated heterocycles. The molecule has 2 aromatic rings. The molecule has 0 radical (unpaired) electrons. The first-order valence-corrected chi connectivity index (χ1v) is 12.3. The Morgan fingerprint density at radius 1 is 0.939 bits per heavy atom. The fourth-order valence-corrected chi connectivity index (χ4v) is 4.61. The summed E-state index contributed by atoms with van der Waals surface area (Å²) in [6.45, 7) is 3.88. The lowest BCUT2D eigenvalue weighted by molar-refractivity contribution is 0.0747. The van der Waals surface area contributed by atoms with E-state index in [1.807, 2.05) is 24.3 Å². The number of carbonyl (C=O) groups excluding carboxylic acids is 1. The molecule has 3 rings (SSSR count). The number of methoxy groups -OCH3 is 3. The van der Waals surface area contributed by atoms with Gasteiger partial charge in [-0.1, -0.05) is 0 Å². The standard InChI is InChI=1S/C23H31N3O6S/c1-6-33(28,29)24(2)20-16-22(32-5)21(31-4)15-19(20)23(27)26-13-11-25(12-14-26)17-7-9-18(30-3)10-8-17/h7-10,15-16H,6,11-14H2,1-5H3. The van der Waals surface area contributed by atoms with Crippen molar-refractivity contribution in [2.75, 3.05) is 69.5 Å². The van der Waals surface area contributed by atoms with Gasteiger partial charge in [-0.25, -0.2) is 8.42 Å². The van der Waals surface area contributed by atoms with Crippen LogP contribution in [0.2, 0.25) is 0 Å². The van der Waals surface area contributed by atoms with E-state index in [4.69, 9.17) is 14.2 Å². The molecule has 180 valence electrons. The van der Waals surface area contributed by atoms with Crippen molar-refractivity contribution < 1.29 is 27.4 Å². The smallest absolute Gasteiger partial charge is 0.256 e. The Balaban J connectivity index is 1.86. The van der Waals surface area contributed by atoms with Crippen LogP contribution in [0.4, 0.5) is 11.4 Å². The zero-order valence-electron chi connectivity index (χ0n) is 19.7. The maximum absolute atomic E-state index is 13.5. The van der Waals surface area contributed by atoms with Gasteiger partial charge in [0.15, 0.2) is 11.5 Å². The summed E-state index contributed by atoms with van der Waals surface area (Å²) in [4.78, 5) is 17.4. The fraction of sp³-hybridized carbons (Fsp3) is 0.435. The van der Waals surface area contributed by atoms with Crippen LogP contribution in [0.5, 0.6) is 17.2 Å². The van der Waals surface area contributed by atoms with Gasteiger partial charge in [0.2, 0.25) is 10.0 Å². The van der Waals surface area contributed by atoms with E-state index in [0.717, 1.165) is 15.7 Å². The molecular formula is C23H31N3O6S. The Kier molecular flexibility index (Phi) is 7.57. The lowest BCUT2D eigenvalue weighted by Crippen LogP contribution is -2.49. The number of hydrogen-bond donors (Lipinski definition) is 0. The third-order valence-electron chi connectivity index (χ3n) is 5.86. The van der Waals surface area contributed by atoms with E-state index in [9.17, 15) is 13.2 Å². The topological polar surface area (TPSA) is 88.6 Å². The maximum Gasteiger partial charge on any atom is 0.256 e. The van der Waals surface area contributed by atoms with E-state index in [1.54, 1.807) is 25.0 Å². The summed E-state index contributed by atoms with van der Waals surface area (Å²) >= 11 is 0. The average molecular weight is 478 g/mol. The van der Waals surface area contributed by atoms with Crippen LogP contribution in [0.1, 0.15) is 17.3 Å². The molecule has 9 nitrogen and oxygen atoms in total. The second-order valence-electron chi connectivity index (χ2n) is 7.57. The first-order valence-electron chi connectivity index (χ1n) is 10.7. The zero-order chi connectivity index (χ0) is 24.2.